The Morgan fingerprint density at radius 2 is 2.11 bits per heavy atom. The molecule has 0 saturated heterocycles. The van der Waals surface area contributed by atoms with Crippen LogP contribution in [0.3, 0.4) is 0 Å². The number of aliphatic hydroxyl groups is 1. The molecule has 0 aliphatic heterocycles. The van der Waals surface area contributed by atoms with Crippen LogP contribution in [0.1, 0.15) is 17.3 Å². The number of aromatic nitrogens is 1. The number of ether oxygens (including phenoxy) is 1. The summed E-state index contributed by atoms with van der Waals surface area (Å²) < 4.78 is 4.59. The molecule has 0 radical (unpaired) electrons. The maximum absolute atomic E-state index is 12.0. The Kier molecular flexibility index (Phi) is 3.66. The van der Waals surface area contributed by atoms with Crippen molar-refractivity contribution >= 4 is 22.7 Å². The molecule has 98 valence electrons. The number of aromatic amines is 1. The fourth-order valence-electron chi connectivity index (χ4n) is 1.74. The van der Waals surface area contributed by atoms with Gasteiger partial charge in [0.1, 0.15) is 0 Å². The van der Waals surface area contributed by atoms with Gasteiger partial charge >= 0.3 is 5.97 Å². The highest BCUT2D eigenvalue weighted by Crippen LogP contribution is 2.18. The van der Waals surface area contributed by atoms with E-state index in [9.17, 15) is 14.7 Å². The van der Waals surface area contributed by atoms with Crippen molar-refractivity contribution in [1.29, 1.82) is 0 Å². The minimum atomic E-state index is -0.907. The van der Waals surface area contributed by atoms with E-state index in [1.165, 1.54) is 0 Å². The Hall–Kier alpha value is -2.56. The number of hydrogen-bond acceptors (Lipinski definition) is 4. The standard InChI is InChI=1S/C14H13NO4/c1-2-19-14(18)13(17)7-12(16)10-8-15-11-6-4-3-5-9(10)11/h3-8,15,17H,2H2,1H3. The molecule has 0 bridgehead atoms. The number of hydrogen-bond donors (Lipinski definition) is 2. The number of nitrogens with one attached hydrogen (secondary N) is 1. The fraction of sp³-hybridized carbons (Fsp3) is 0.143. The third-order valence-corrected chi connectivity index (χ3v) is 2.61. The van der Waals surface area contributed by atoms with E-state index in [0.29, 0.717) is 5.56 Å². The molecule has 5 heteroatoms. The summed E-state index contributed by atoms with van der Waals surface area (Å²) in [6.07, 6.45) is 2.41. The maximum atomic E-state index is 12.0. The first-order valence-corrected chi connectivity index (χ1v) is 5.81. The van der Waals surface area contributed by atoms with Crippen LogP contribution in [0, 0.1) is 0 Å². The quantitative estimate of drug-likeness (QED) is 0.382. The van der Waals surface area contributed by atoms with Gasteiger partial charge in [-0.1, -0.05) is 18.2 Å². The Morgan fingerprint density at radius 1 is 1.37 bits per heavy atom. The summed E-state index contributed by atoms with van der Waals surface area (Å²) in [4.78, 5) is 26.1. The Labute approximate surface area is 109 Å². The molecule has 0 spiro atoms. The van der Waals surface area contributed by atoms with Gasteiger partial charge < -0.3 is 14.8 Å². The zero-order chi connectivity index (χ0) is 13.8. The zero-order valence-corrected chi connectivity index (χ0v) is 10.3. The molecule has 1 heterocycles. The second kappa shape index (κ2) is 5.39. The highest BCUT2D eigenvalue weighted by Gasteiger charge is 2.14. The van der Waals surface area contributed by atoms with Crippen molar-refractivity contribution in [2.24, 2.45) is 0 Å². The highest BCUT2D eigenvalue weighted by atomic mass is 16.5. The van der Waals surface area contributed by atoms with Crippen LogP contribution < -0.4 is 0 Å². The van der Waals surface area contributed by atoms with E-state index in [1.54, 1.807) is 19.2 Å². The fourth-order valence-corrected chi connectivity index (χ4v) is 1.74. The first-order valence-electron chi connectivity index (χ1n) is 5.81. The van der Waals surface area contributed by atoms with Crippen LogP contribution in [0.2, 0.25) is 0 Å². The molecule has 2 aromatic rings. The third kappa shape index (κ3) is 2.65. The second-order valence-corrected chi connectivity index (χ2v) is 3.86. The lowest BCUT2D eigenvalue weighted by atomic mass is 10.1. The van der Waals surface area contributed by atoms with Gasteiger partial charge in [0.25, 0.3) is 0 Å². The van der Waals surface area contributed by atoms with E-state index in [4.69, 9.17) is 0 Å². The minimum Gasteiger partial charge on any atom is -0.502 e. The second-order valence-electron chi connectivity index (χ2n) is 3.86. The van der Waals surface area contributed by atoms with Crippen molar-refractivity contribution < 1.29 is 19.4 Å². The van der Waals surface area contributed by atoms with Crippen LogP contribution in [0.15, 0.2) is 42.3 Å². The summed E-state index contributed by atoms with van der Waals surface area (Å²) in [6.45, 7) is 1.75. The van der Waals surface area contributed by atoms with Crippen LogP contribution in [0.25, 0.3) is 10.9 Å². The molecule has 1 aromatic heterocycles. The van der Waals surface area contributed by atoms with Crippen molar-refractivity contribution in [1.82, 2.24) is 4.98 Å². The molecule has 2 rings (SSSR count). The summed E-state index contributed by atoms with van der Waals surface area (Å²) in [7, 11) is 0. The van der Waals surface area contributed by atoms with E-state index in [1.807, 2.05) is 18.2 Å². The number of carbonyl (C=O) groups excluding carboxylic acids is 2. The van der Waals surface area contributed by atoms with E-state index in [0.717, 1.165) is 17.0 Å². The van der Waals surface area contributed by atoms with E-state index in [2.05, 4.69) is 9.72 Å². The van der Waals surface area contributed by atoms with Gasteiger partial charge in [-0.25, -0.2) is 4.79 Å². The van der Waals surface area contributed by atoms with Gasteiger partial charge in [-0.05, 0) is 13.0 Å². The Bertz CT molecular complexity index is 654. The number of carbonyl (C=O) groups is 2. The van der Waals surface area contributed by atoms with Crippen molar-refractivity contribution in [3.8, 4) is 0 Å². The van der Waals surface area contributed by atoms with Crippen LogP contribution in [0.5, 0.6) is 0 Å². The molecule has 0 amide bonds. The number of para-hydroxylation sites is 1. The number of rotatable bonds is 4. The lowest BCUT2D eigenvalue weighted by Crippen LogP contribution is -2.09. The van der Waals surface area contributed by atoms with Crippen LogP contribution in [0.4, 0.5) is 0 Å². The van der Waals surface area contributed by atoms with Gasteiger partial charge in [-0.3, -0.25) is 4.79 Å². The number of H-pyrrole nitrogens is 1. The largest absolute Gasteiger partial charge is 0.502 e. The number of esters is 1. The molecular weight excluding hydrogens is 246 g/mol. The zero-order valence-electron chi connectivity index (χ0n) is 10.3. The van der Waals surface area contributed by atoms with Gasteiger partial charge in [0.05, 0.1) is 6.61 Å². The first-order chi connectivity index (χ1) is 9.13. The summed E-state index contributed by atoms with van der Waals surface area (Å²) in [5.41, 5.74) is 1.21. The van der Waals surface area contributed by atoms with E-state index < -0.39 is 17.5 Å². The molecular formula is C14H13NO4. The SMILES string of the molecule is CCOC(=O)C(O)=CC(=O)c1c[nH]c2ccccc12. The van der Waals surface area contributed by atoms with Crippen molar-refractivity contribution in [3.63, 3.8) is 0 Å². The van der Waals surface area contributed by atoms with Crippen molar-refractivity contribution in [2.75, 3.05) is 6.61 Å². The number of allylic oxidation sites excluding steroid dienone is 1. The molecule has 0 unspecified atom stereocenters. The highest BCUT2D eigenvalue weighted by molar-refractivity contribution is 6.15. The number of fused-ring (bicyclic) bond motifs is 1. The smallest absolute Gasteiger partial charge is 0.373 e. The molecule has 0 aliphatic carbocycles. The maximum Gasteiger partial charge on any atom is 0.373 e. The van der Waals surface area contributed by atoms with Gasteiger partial charge in [0, 0.05) is 28.7 Å². The summed E-state index contributed by atoms with van der Waals surface area (Å²) >= 11 is 0. The predicted octanol–water partition coefficient (Wildman–Crippen LogP) is 2.36. The van der Waals surface area contributed by atoms with E-state index in [-0.39, 0.29) is 6.61 Å². The van der Waals surface area contributed by atoms with E-state index >= 15 is 0 Å². The van der Waals surface area contributed by atoms with Gasteiger partial charge in [-0.2, -0.15) is 0 Å². The molecule has 0 saturated carbocycles. The molecule has 1 aromatic carbocycles. The molecule has 0 atom stereocenters. The minimum absolute atomic E-state index is 0.137. The molecule has 0 aliphatic rings. The first kappa shape index (κ1) is 12.9. The van der Waals surface area contributed by atoms with Crippen molar-refractivity contribution in [2.45, 2.75) is 6.92 Å². The Morgan fingerprint density at radius 3 is 2.84 bits per heavy atom. The number of aliphatic hydroxyl groups excluding tert-OH is 1. The Balaban J connectivity index is 2.30. The van der Waals surface area contributed by atoms with Crippen molar-refractivity contribution in [3.05, 3.63) is 47.9 Å². The molecule has 2 N–H and O–H groups in total. The average Bonchev–Trinajstić information content (AvgIpc) is 2.82. The summed E-state index contributed by atoms with van der Waals surface area (Å²) in [5, 5.41) is 10.2. The predicted molar refractivity (Wildman–Crippen MR) is 70.0 cm³/mol. The average molecular weight is 259 g/mol. The number of benzene rings is 1. The molecule has 0 fully saturated rings. The summed E-state index contributed by atoms with van der Waals surface area (Å²) in [6, 6.07) is 7.27. The lowest BCUT2D eigenvalue weighted by Gasteiger charge is -1.99. The normalized spacial score (nSPS) is 11.5. The van der Waals surface area contributed by atoms with Crippen LogP contribution >= 0.6 is 0 Å². The van der Waals surface area contributed by atoms with Crippen LogP contribution in [-0.4, -0.2) is 28.4 Å². The third-order valence-electron chi connectivity index (χ3n) is 2.61. The lowest BCUT2D eigenvalue weighted by molar-refractivity contribution is -0.141. The topological polar surface area (TPSA) is 79.4 Å². The molecule has 19 heavy (non-hydrogen) atoms. The van der Waals surface area contributed by atoms with Crippen LogP contribution in [-0.2, 0) is 9.53 Å². The monoisotopic (exact) mass is 259 g/mol. The van der Waals surface area contributed by atoms with Gasteiger partial charge in [-0.15, -0.1) is 0 Å². The van der Waals surface area contributed by atoms with Gasteiger partial charge in [0.2, 0.25) is 5.76 Å². The van der Waals surface area contributed by atoms with Gasteiger partial charge in [0.15, 0.2) is 5.78 Å². The number of ketones is 1. The molecule has 5 nitrogen and oxygen atoms in total. The summed E-state index contributed by atoms with van der Waals surface area (Å²) in [5.74, 6) is -2.06.